The van der Waals surface area contributed by atoms with E-state index in [1.165, 1.54) is 71.0 Å². The molecule has 0 radical (unpaired) electrons. The van der Waals surface area contributed by atoms with Crippen LogP contribution in [-0.2, 0) is 37.3 Å². The molecule has 4 aromatic carbocycles. The van der Waals surface area contributed by atoms with Gasteiger partial charge in [-0.05, 0) is 98.2 Å². The van der Waals surface area contributed by atoms with Crippen LogP contribution in [0.15, 0.2) is 109 Å². The second-order valence-corrected chi connectivity index (χ2v) is 18.5. The number of phenols is 1. The van der Waals surface area contributed by atoms with E-state index in [1.54, 1.807) is 23.7 Å². The second-order valence-electron chi connectivity index (χ2n) is 17.6. The van der Waals surface area contributed by atoms with Crippen molar-refractivity contribution in [1.29, 1.82) is 0 Å². The van der Waals surface area contributed by atoms with Crippen molar-refractivity contribution in [2.75, 3.05) is 0 Å². The molecular formula is C50H48N3OPtS-. The van der Waals surface area contributed by atoms with Gasteiger partial charge in [-0.2, -0.15) is 0 Å². The number of hydrogen-bond donors (Lipinski definition) is 1. The minimum absolute atomic E-state index is 0. The molecule has 0 saturated heterocycles. The van der Waals surface area contributed by atoms with Crippen LogP contribution in [0.3, 0.4) is 0 Å². The molecular weight excluding hydrogens is 886 g/mol. The Hall–Kier alpha value is -4.44. The van der Waals surface area contributed by atoms with Crippen LogP contribution in [0.1, 0.15) is 119 Å². The molecule has 56 heavy (non-hydrogen) atoms. The van der Waals surface area contributed by atoms with E-state index in [0.717, 1.165) is 38.4 Å². The summed E-state index contributed by atoms with van der Waals surface area (Å²) in [6, 6.07) is 38.3. The zero-order valence-corrected chi connectivity index (χ0v) is 36.1. The Bertz CT molecular complexity index is 2520. The minimum atomic E-state index is -0.821. The predicted molar refractivity (Wildman–Crippen MR) is 227 cm³/mol. The molecule has 7 aromatic rings. The van der Waals surface area contributed by atoms with Crippen molar-refractivity contribution in [3.63, 3.8) is 0 Å². The van der Waals surface area contributed by atoms with Crippen molar-refractivity contribution in [3.8, 4) is 39.4 Å². The third-order valence-corrected chi connectivity index (χ3v) is 13.1. The Labute approximate surface area is 349 Å². The van der Waals surface area contributed by atoms with E-state index in [9.17, 15) is 5.11 Å². The summed E-state index contributed by atoms with van der Waals surface area (Å²) in [7, 11) is 0. The summed E-state index contributed by atoms with van der Waals surface area (Å²) in [6.45, 7) is 13.7. The number of thiophene rings is 1. The molecule has 286 valence electrons. The number of nitrogens with zero attached hydrogens (tertiary/aromatic N) is 3. The van der Waals surface area contributed by atoms with E-state index in [0.29, 0.717) is 11.5 Å². The first-order valence-corrected chi connectivity index (χ1v) is 20.6. The summed E-state index contributed by atoms with van der Waals surface area (Å²) in [5.74, 6) is 0.773. The van der Waals surface area contributed by atoms with Crippen molar-refractivity contribution in [2.24, 2.45) is 0 Å². The first-order valence-electron chi connectivity index (χ1n) is 19.8. The smallest absolute Gasteiger partial charge is 0.124 e. The van der Waals surface area contributed by atoms with Gasteiger partial charge >= 0.3 is 0 Å². The minimum Gasteiger partial charge on any atom is -0.507 e. The quantitative estimate of drug-likeness (QED) is 0.175. The van der Waals surface area contributed by atoms with Gasteiger partial charge in [0.1, 0.15) is 12.1 Å². The Morgan fingerprint density at radius 3 is 2.04 bits per heavy atom. The largest absolute Gasteiger partial charge is 0.507 e. The van der Waals surface area contributed by atoms with E-state index in [2.05, 4.69) is 120 Å². The van der Waals surface area contributed by atoms with E-state index in [4.69, 9.17) is 15.0 Å². The SMILES string of the molecule is CC(C)(C)c1ccc2c(c1)C(c1[c-]c(-c3ncnc4c(C5CCCCC5)csc34)ccc1)(c1cccc(-c3ccccc3O)n1)c1cc(C(C)(C)C)ccc1-2.[Pt]. The van der Waals surface area contributed by atoms with Crippen molar-refractivity contribution >= 4 is 21.6 Å². The van der Waals surface area contributed by atoms with Crippen LogP contribution in [0, 0.1) is 6.07 Å². The Balaban J connectivity index is 0.00000441. The first kappa shape index (κ1) is 38.4. The van der Waals surface area contributed by atoms with Crippen LogP contribution in [0.25, 0.3) is 43.9 Å². The van der Waals surface area contributed by atoms with Gasteiger partial charge in [-0.1, -0.05) is 115 Å². The predicted octanol–water partition coefficient (Wildman–Crippen LogP) is 12.9. The molecule has 0 unspecified atom stereocenters. The number of para-hydroxylation sites is 1. The fraction of sp³-hybridized carbons (Fsp3) is 0.300. The van der Waals surface area contributed by atoms with Crippen molar-refractivity contribution < 1.29 is 26.2 Å². The topological polar surface area (TPSA) is 58.9 Å². The van der Waals surface area contributed by atoms with Gasteiger partial charge in [0.15, 0.2) is 0 Å². The Morgan fingerprint density at radius 1 is 0.714 bits per heavy atom. The molecule has 1 N–H and O–H groups in total. The van der Waals surface area contributed by atoms with Crippen LogP contribution in [0.2, 0.25) is 0 Å². The number of pyridine rings is 1. The van der Waals surface area contributed by atoms with Crippen LogP contribution in [-0.4, -0.2) is 20.1 Å². The summed E-state index contributed by atoms with van der Waals surface area (Å²) in [5, 5.41) is 13.4. The van der Waals surface area contributed by atoms with Gasteiger partial charge in [0.2, 0.25) is 0 Å². The molecule has 0 atom stereocenters. The number of phenolic OH excluding ortho intramolecular Hbond substituents is 1. The third kappa shape index (κ3) is 6.36. The molecule has 1 fully saturated rings. The number of aromatic nitrogens is 3. The maximum absolute atomic E-state index is 11.0. The number of aromatic hydroxyl groups is 1. The van der Waals surface area contributed by atoms with Crippen LogP contribution < -0.4 is 0 Å². The number of benzene rings is 4. The van der Waals surface area contributed by atoms with Gasteiger partial charge in [0.05, 0.1) is 22.3 Å². The maximum Gasteiger partial charge on any atom is 0.124 e. The number of fused-ring (bicyclic) bond motifs is 4. The summed E-state index contributed by atoms with van der Waals surface area (Å²) in [5.41, 5.74) is 14.0. The number of rotatable bonds is 5. The van der Waals surface area contributed by atoms with Gasteiger partial charge in [0, 0.05) is 37.0 Å². The van der Waals surface area contributed by atoms with Gasteiger partial charge in [-0.15, -0.1) is 46.7 Å². The van der Waals surface area contributed by atoms with Crippen molar-refractivity contribution in [2.45, 2.75) is 95.8 Å². The fourth-order valence-corrected chi connectivity index (χ4v) is 10.1. The van der Waals surface area contributed by atoms with E-state index >= 15 is 0 Å². The van der Waals surface area contributed by atoms with Gasteiger partial charge in [-0.25, -0.2) is 4.98 Å². The molecule has 9 rings (SSSR count). The fourth-order valence-electron chi connectivity index (χ4n) is 9.03. The maximum atomic E-state index is 11.0. The molecule has 1 saturated carbocycles. The zero-order valence-electron chi connectivity index (χ0n) is 33.0. The molecule has 0 bridgehead atoms. The summed E-state index contributed by atoms with van der Waals surface area (Å²) in [6.07, 6.45) is 8.10. The first-order chi connectivity index (χ1) is 26.4. The molecule has 0 aliphatic heterocycles. The van der Waals surface area contributed by atoms with Gasteiger partial charge in [-0.3, -0.25) is 9.97 Å². The van der Waals surface area contributed by atoms with E-state index in [1.807, 2.05) is 24.3 Å². The average Bonchev–Trinajstić information content (AvgIpc) is 3.75. The van der Waals surface area contributed by atoms with E-state index in [-0.39, 0.29) is 37.6 Å². The molecule has 4 nitrogen and oxygen atoms in total. The second kappa shape index (κ2) is 14.5. The van der Waals surface area contributed by atoms with Crippen molar-refractivity contribution in [1.82, 2.24) is 15.0 Å². The zero-order chi connectivity index (χ0) is 38.1. The molecule has 6 heteroatoms. The van der Waals surface area contributed by atoms with Gasteiger partial charge < -0.3 is 5.11 Å². The normalized spacial score (nSPS) is 15.3. The monoisotopic (exact) mass is 933 g/mol. The third-order valence-electron chi connectivity index (χ3n) is 12.1. The van der Waals surface area contributed by atoms with Crippen molar-refractivity contribution in [3.05, 3.63) is 154 Å². The Kier molecular flexibility index (Phi) is 9.95. The molecule has 3 aromatic heterocycles. The molecule has 2 aliphatic carbocycles. The molecule has 2 aliphatic rings. The number of hydrogen-bond acceptors (Lipinski definition) is 5. The summed E-state index contributed by atoms with van der Waals surface area (Å²) >= 11 is 1.77. The summed E-state index contributed by atoms with van der Waals surface area (Å²) in [4.78, 5) is 15.4. The van der Waals surface area contributed by atoms with Crippen LogP contribution >= 0.6 is 11.3 Å². The van der Waals surface area contributed by atoms with Gasteiger partial charge in [0.25, 0.3) is 0 Å². The molecule has 3 heterocycles. The van der Waals surface area contributed by atoms with E-state index < -0.39 is 5.41 Å². The standard InChI is InChI=1S/C50H48N3OS.Pt/c1-48(2,3)33-22-24-36-37-25-23-34(49(4,5)6)28-41(37)50(40(36)27-33,44-21-13-19-42(53-44)38-18-10-11-20-43(38)54)35-17-12-16-32(26-35)45-47-46(52-30-51-45)39(29-55-47)31-14-8-7-9-15-31;/h10-13,16-25,27-31,54H,7-9,14-15H2,1-6H3;/q-1;. The van der Waals surface area contributed by atoms with Crippen LogP contribution in [0.5, 0.6) is 5.75 Å². The Morgan fingerprint density at radius 2 is 1.38 bits per heavy atom. The molecule has 0 spiro atoms. The average molecular weight is 934 g/mol. The molecule has 0 amide bonds. The summed E-state index contributed by atoms with van der Waals surface area (Å²) < 4.78 is 1.13. The van der Waals surface area contributed by atoms with Crippen LogP contribution in [0.4, 0.5) is 0 Å².